The number of benzene rings is 2. The maximum Gasteiger partial charge on any atom is 0.436 e. The Morgan fingerprint density at radius 2 is 1.33 bits per heavy atom. The summed E-state index contributed by atoms with van der Waals surface area (Å²) in [4.78, 5) is 36.3. The number of carbonyl (C=O) groups excluding carboxylic acids is 3. The van der Waals surface area contributed by atoms with Crippen LogP contribution in [0.5, 0.6) is 0 Å². The third-order valence-corrected chi connectivity index (χ3v) is 7.01. The molecule has 1 fully saturated rings. The Bertz CT molecular complexity index is 1530. The van der Waals surface area contributed by atoms with E-state index in [1.165, 1.54) is 0 Å². The second-order valence-corrected chi connectivity index (χ2v) is 10.7. The van der Waals surface area contributed by atoms with Gasteiger partial charge in [0.25, 0.3) is 42.2 Å². The number of fused-ring (bicyclic) bond motifs is 1. The molecule has 3 amide bonds. The smallest absolute Gasteiger partial charge is 0.311 e. The van der Waals surface area contributed by atoms with E-state index in [9.17, 15) is 53.3 Å². The first-order valence-electron chi connectivity index (χ1n) is 8.37. The van der Waals surface area contributed by atoms with Crippen LogP contribution in [0.1, 0.15) is 12.8 Å². The fraction of sp³-hybridized carbons (Fsp3) is 0.133. The normalized spacial score (nSPS) is 15.2. The molecule has 1 heterocycles. The van der Waals surface area contributed by atoms with Crippen LogP contribution in [0.4, 0.5) is 10.5 Å². The number of anilines is 1. The number of imide groups is 1. The summed E-state index contributed by atoms with van der Waals surface area (Å²) in [6, 6.07) is 2.25. The highest BCUT2D eigenvalue weighted by Crippen LogP contribution is 2.34. The van der Waals surface area contributed by atoms with Gasteiger partial charge in [-0.05, 0) is 29.7 Å². The quantitative estimate of drug-likeness (QED) is 0.302. The third-order valence-electron chi connectivity index (χ3n) is 4.26. The molecule has 2 aromatic rings. The molecule has 0 atom stereocenters. The van der Waals surface area contributed by atoms with Gasteiger partial charge in [-0.2, -0.15) is 25.3 Å². The minimum Gasteiger partial charge on any atom is -0.311 e. The molecule has 15 nitrogen and oxygen atoms in total. The summed E-state index contributed by atoms with van der Waals surface area (Å²) < 4.78 is 97.7. The van der Waals surface area contributed by atoms with Crippen LogP contribution in [0.15, 0.2) is 39.0 Å². The Morgan fingerprint density at radius 1 is 0.818 bits per heavy atom. The summed E-state index contributed by atoms with van der Waals surface area (Å²) in [7, 11) is -15.5. The van der Waals surface area contributed by atoms with E-state index < -0.39 is 79.4 Å². The Kier molecular flexibility index (Phi) is 5.94. The standard InChI is InChI=1S/C15H12N2O13S3/c18-13-1-2-14(19)17(13)30-15(20)16-10-5-8(31(21,22)23)3-7-4-11(32(24,25)26)12(6-9(7)10)33(27,28)29/h3-6H,1-2H2,(H,16,20)(H,21,22,23)(H,24,25,26)(H,27,28,29). The van der Waals surface area contributed by atoms with E-state index in [-0.39, 0.29) is 17.9 Å². The van der Waals surface area contributed by atoms with Gasteiger partial charge < -0.3 is 4.84 Å². The molecular formula is C15H12N2O13S3. The van der Waals surface area contributed by atoms with Crippen molar-refractivity contribution in [3.05, 3.63) is 24.3 Å². The van der Waals surface area contributed by atoms with Crippen molar-refractivity contribution >= 4 is 64.7 Å². The van der Waals surface area contributed by atoms with Gasteiger partial charge in [0, 0.05) is 18.2 Å². The van der Waals surface area contributed by atoms with Crippen molar-refractivity contribution in [2.24, 2.45) is 0 Å². The number of nitrogens with one attached hydrogen (secondary N) is 1. The van der Waals surface area contributed by atoms with Gasteiger partial charge in [0.2, 0.25) is 0 Å². The van der Waals surface area contributed by atoms with E-state index in [2.05, 4.69) is 4.84 Å². The second kappa shape index (κ2) is 8.01. The number of hydroxylamine groups is 2. The van der Waals surface area contributed by atoms with Gasteiger partial charge >= 0.3 is 6.09 Å². The molecule has 0 radical (unpaired) electrons. The Morgan fingerprint density at radius 3 is 1.82 bits per heavy atom. The summed E-state index contributed by atoms with van der Waals surface area (Å²) in [6.45, 7) is 0. The maximum atomic E-state index is 12.2. The lowest BCUT2D eigenvalue weighted by molar-refractivity contribution is -0.170. The minimum atomic E-state index is -5.27. The van der Waals surface area contributed by atoms with Gasteiger partial charge in [-0.15, -0.1) is 5.06 Å². The Labute approximate surface area is 185 Å². The average molecular weight is 524 g/mol. The van der Waals surface area contributed by atoms with Crippen molar-refractivity contribution in [2.75, 3.05) is 5.32 Å². The van der Waals surface area contributed by atoms with Crippen molar-refractivity contribution in [2.45, 2.75) is 27.5 Å². The van der Waals surface area contributed by atoms with Crippen LogP contribution in [0.3, 0.4) is 0 Å². The van der Waals surface area contributed by atoms with E-state index in [4.69, 9.17) is 0 Å². The molecule has 1 aliphatic rings. The van der Waals surface area contributed by atoms with E-state index in [0.717, 1.165) is 0 Å². The number of hydrogen-bond acceptors (Lipinski definition) is 10. The Balaban J connectivity index is 2.23. The molecule has 1 aliphatic heterocycles. The van der Waals surface area contributed by atoms with Gasteiger partial charge in [0.15, 0.2) is 0 Å². The maximum absolute atomic E-state index is 12.2. The zero-order valence-corrected chi connectivity index (χ0v) is 18.3. The third kappa shape index (κ3) is 5.10. The first-order chi connectivity index (χ1) is 15.0. The first kappa shape index (κ1) is 24.5. The second-order valence-electron chi connectivity index (χ2n) is 6.50. The van der Waals surface area contributed by atoms with E-state index >= 15 is 0 Å². The Hall–Kier alpha value is -3.16. The van der Waals surface area contributed by atoms with Crippen molar-refractivity contribution in [3.63, 3.8) is 0 Å². The molecule has 0 spiro atoms. The van der Waals surface area contributed by atoms with Crippen molar-refractivity contribution in [1.29, 1.82) is 0 Å². The molecule has 0 bridgehead atoms. The van der Waals surface area contributed by atoms with Crippen LogP contribution in [0, 0.1) is 0 Å². The van der Waals surface area contributed by atoms with Gasteiger partial charge in [-0.1, -0.05) is 0 Å². The van der Waals surface area contributed by atoms with Crippen LogP contribution < -0.4 is 5.32 Å². The highest BCUT2D eigenvalue weighted by atomic mass is 32.2. The summed E-state index contributed by atoms with van der Waals surface area (Å²) in [5, 5.41) is 1.23. The van der Waals surface area contributed by atoms with Gasteiger partial charge in [0.05, 0.1) is 10.6 Å². The minimum absolute atomic E-state index is 0.143. The number of carbonyl (C=O) groups is 3. The highest BCUT2D eigenvalue weighted by Gasteiger charge is 2.33. The highest BCUT2D eigenvalue weighted by molar-refractivity contribution is 7.89. The van der Waals surface area contributed by atoms with Gasteiger partial charge in [0.1, 0.15) is 9.79 Å². The molecule has 0 unspecified atom stereocenters. The summed E-state index contributed by atoms with van der Waals surface area (Å²) in [5.74, 6) is -1.70. The van der Waals surface area contributed by atoms with Crippen LogP contribution in [-0.4, -0.2) is 61.9 Å². The fourth-order valence-corrected chi connectivity index (χ4v) is 5.22. The predicted octanol–water partition coefficient (Wildman–Crippen LogP) is 0.192. The number of rotatable bonds is 5. The molecule has 0 saturated carbocycles. The SMILES string of the molecule is O=C(Nc1cc(S(=O)(=O)O)cc2cc(S(=O)(=O)O)c(S(=O)(=O)O)cc12)ON1C(=O)CCC1=O. The van der Waals surface area contributed by atoms with Crippen molar-refractivity contribution < 1.29 is 58.1 Å². The molecule has 2 aromatic carbocycles. The lowest BCUT2D eigenvalue weighted by Gasteiger charge is -2.16. The largest absolute Gasteiger partial charge is 0.436 e. The van der Waals surface area contributed by atoms with Crippen LogP contribution in [0.2, 0.25) is 0 Å². The van der Waals surface area contributed by atoms with Gasteiger partial charge in [-0.25, -0.2) is 4.79 Å². The summed E-state index contributed by atoms with van der Waals surface area (Å²) in [5.41, 5.74) is -0.601. The summed E-state index contributed by atoms with van der Waals surface area (Å²) in [6.07, 6.45) is -1.98. The van der Waals surface area contributed by atoms with Crippen molar-refractivity contribution in [3.8, 4) is 0 Å². The molecule has 0 aromatic heterocycles. The van der Waals surface area contributed by atoms with E-state index in [1.54, 1.807) is 0 Å². The van der Waals surface area contributed by atoms with Crippen molar-refractivity contribution in [1.82, 2.24) is 5.06 Å². The molecule has 3 rings (SSSR count). The lowest BCUT2D eigenvalue weighted by atomic mass is 10.1. The van der Waals surface area contributed by atoms with Crippen LogP contribution in [-0.2, 0) is 44.8 Å². The molecule has 18 heteroatoms. The zero-order chi connectivity index (χ0) is 24.9. The molecule has 0 aliphatic carbocycles. The molecule has 4 N–H and O–H groups in total. The molecule has 1 saturated heterocycles. The number of nitrogens with zero attached hydrogens (tertiary/aromatic N) is 1. The monoisotopic (exact) mass is 524 g/mol. The molecular weight excluding hydrogens is 512 g/mol. The lowest BCUT2D eigenvalue weighted by Crippen LogP contribution is -2.34. The average Bonchev–Trinajstić information content (AvgIpc) is 2.96. The molecule has 33 heavy (non-hydrogen) atoms. The van der Waals surface area contributed by atoms with E-state index in [1.807, 2.05) is 5.32 Å². The number of amides is 3. The fourth-order valence-electron chi connectivity index (χ4n) is 2.87. The zero-order valence-electron chi connectivity index (χ0n) is 15.8. The predicted molar refractivity (Wildman–Crippen MR) is 105 cm³/mol. The van der Waals surface area contributed by atoms with Gasteiger partial charge in [-0.3, -0.25) is 28.6 Å². The summed E-state index contributed by atoms with van der Waals surface area (Å²) >= 11 is 0. The first-order valence-corrected chi connectivity index (χ1v) is 12.7. The number of hydrogen-bond donors (Lipinski definition) is 4. The van der Waals surface area contributed by atoms with Crippen LogP contribution in [0.25, 0.3) is 10.8 Å². The van der Waals surface area contributed by atoms with Crippen LogP contribution >= 0.6 is 0 Å². The molecule has 178 valence electrons. The topological polar surface area (TPSA) is 239 Å². The van der Waals surface area contributed by atoms with E-state index in [0.29, 0.717) is 24.3 Å².